The Morgan fingerprint density at radius 1 is 0.291 bits per heavy atom. The number of benzene rings is 9. The van der Waals surface area contributed by atoms with Crippen LogP contribution in [0.5, 0.6) is 0 Å². The van der Waals surface area contributed by atoms with E-state index >= 15 is 0 Å². The first-order valence-electron chi connectivity index (χ1n) is 18.9. The number of anilines is 3. The predicted molar refractivity (Wildman–Crippen MR) is 233 cm³/mol. The monoisotopic (exact) mass is 701 g/mol. The van der Waals surface area contributed by atoms with Gasteiger partial charge in [-0.25, -0.2) is 0 Å². The number of aromatic nitrogens is 2. The molecular weight excluding hydrogens is 667 g/mol. The van der Waals surface area contributed by atoms with Gasteiger partial charge in [0.1, 0.15) is 0 Å². The van der Waals surface area contributed by atoms with Crippen molar-refractivity contribution in [2.24, 2.45) is 0 Å². The molecule has 0 aliphatic rings. The number of nitrogens with zero attached hydrogens (tertiary/aromatic N) is 3. The van der Waals surface area contributed by atoms with Crippen LogP contribution in [0.1, 0.15) is 0 Å². The minimum atomic E-state index is 1.09. The lowest BCUT2D eigenvalue weighted by Crippen LogP contribution is -2.10. The fraction of sp³-hybridized carbons (Fsp3) is 0. The Balaban J connectivity index is 1.07. The summed E-state index contributed by atoms with van der Waals surface area (Å²) >= 11 is 0. The second-order valence-electron chi connectivity index (χ2n) is 14.2. The van der Waals surface area contributed by atoms with E-state index in [0.29, 0.717) is 0 Å². The molecular formula is C52H35N3. The summed E-state index contributed by atoms with van der Waals surface area (Å²) in [5.74, 6) is 0. The van der Waals surface area contributed by atoms with Gasteiger partial charge in [0.25, 0.3) is 0 Å². The summed E-state index contributed by atoms with van der Waals surface area (Å²) in [6, 6.07) is 76.9. The molecule has 11 aromatic rings. The highest BCUT2D eigenvalue weighted by Crippen LogP contribution is 2.40. The summed E-state index contributed by atoms with van der Waals surface area (Å²) in [5, 5.41) is 7.54. The maximum Gasteiger partial charge on any atom is 0.0541 e. The van der Waals surface area contributed by atoms with Crippen LogP contribution in [0.25, 0.3) is 76.9 Å². The molecule has 0 radical (unpaired) electrons. The van der Waals surface area contributed by atoms with Crippen molar-refractivity contribution in [1.29, 1.82) is 0 Å². The van der Waals surface area contributed by atoms with Gasteiger partial charge in [-0.05, 0) is 101 Å². The maximum atomic E-state index is 2.39. The smallest absolute Gasteiger partial charge is 0.0541 e. The van der Waals surface area contributed by atoms with E-state index in [0.717, 1.165) is 28.4 Å². The van der Waals surface area contributed by atoms with E-state index in [4.69, 9.17) is 0 Å². The number of hydrogen-bond donors (Lipinski definition) is 0. The van der Waals surface area contributed by atoms with Gasteiger partial charge in [-0.1, -0.05) is 133 Å². The molecule has 258 valence electrons. The standard InChI is InChI=1S/C52H35N3/c1-2-17-43-36(13-1)14-11-22-44(43)37-27-29-38(30-28-37)53(39-31-33-40(34-32-39)54-49-23-7-3-18-45(49)46-19-4-8-24-50(46)54)41-15-12-16-42(35-41)55-51-25-9-5-20-47(51)48-21-6-10-26-52(48)55/h1-35H. The fourth-order valence-electron chi connectivity index (χ4n) is 8.64. The molecule has 2 heterocycles. The molecule has 2 aromatic heterocycles. The Morgan fingerprint density at radius 3 is 1.29 bits per heavy atom. The Bertz CT molecular complexity index is 3090. The van der Waals surface area contributed by atoms with Crippen molar-refractivity contribution in [1.82, 2.24) is 9.13 Å². The van der Waals surface area contributed by atoms with Gasteiger partial charge in [-0.3, -0.25) is 0 Å². The Kier molecular flexibility index (Phi) is 7.17. The zero-order valence-electron chi connectivity index (χ0n) is 30.0. The van der Waals surface area contributed by atoms with Crippen molar-refractivity contribution >= 4 is 71.4 Å². The number of rotatable bonds is 6. The van der Waals surface area contributed by atoms with E-state index in [1.807, 2.05) is 0 Å². The summed E-state index contributed by atoms with van der Waals surface area (Å²) in [6.07, 6.45) is 0. The molecule has 0 saturated heterocycles. The molecule has 0 spiro atoms. The Morgan fingerprint density at radius 2 is 0.727 bits per heavy atom. The molecule has 0 bridgehead atoms. The van der Waals surface area contributed by atoms with Gasteiger partial charge in [-0.2, -0.15) is 0 Å². The van der Waals surface area contributed by atoms with Crippen molar-refractivity contribution in [2.45, 2.75) is 0 Å². The van der Waals surface area contributed by atoms with Gasteiger partial charge in [0.15, 0.2) is 0 Å². The minimum absolute atomic E-state index is 1.09. The lowest BCUT2D eigenvalue weighted by molar-refractivity contribution is 1.16. The number of fused-ring (bicyclic) bond motifs is 7. The van der Waals surface area contributed by atoms with Crippen LogP contribution in [0, 0.1) is 0 Å². The molecule has 3 nitrogen and oxygen atoms in total. The molecule has 0 aliphatic carbocycles. The highest BCUT2D eigenvalue weighted by molar-refractivity contribution is 6.10. The van der Waals surface area contributed by atoms with Crippen LogP contribution in [-0.4, -0.2) is 9.13 Å². The lowest BCUT2D eigenvalue weighted by Gasteiger charge is -2.27. The van der Waals surface area contributed by atoms with Crippen molar-refractivity contribution in [3.05, 3.63) is 212 Å². The third kappa shape index (κ3) is 5.05. The van der Waals surface area contributed by atoms with Crippen molar-refractivity contribution in [2.75, 3.05) is 4.90 Å². The molecule has 0 saturated carbocycles. The Hall–Kier alpha value is -7.36. The molecule has 11 rings (SSSR count). The summed E-state index contributed by atoms with van der Waals surface area (Å²) in [4.78, 5) is 2.37. The molecule has 0 amide bonds. The first-order chi connectivity index (χ1) is 27.3. The Labute approximate surface area is 319 Å². The average molecular weight is 702 g/mol. The fourth-order valence-corrected chi connectivity index (χ4v) is 8.64. The first-order valence-corrected chi connectivity index (χ1v) is 18.9. The number of hydrogen-bond acceptors (Lipinski definition) is 1. The number of para-hydroxylation sites is 4. The SMILES string of the molecule is c1cc(N(c2ccc(-c3cccc4ccccc34)cc2)c2ccc(-n3c4ccccc4c4ccccc43)cc2)cc(-n2c3ccccc3c3ccccc32)c1. The normalized spacial score (nSPS) is 11.6. The molecule has 3 heteroatoms. The molecule has 0 unspecified atom stereocenters. The summed E-state index contributed by atoms with van der Waals surface area (Å²) in [5.41, 5.74) is 12.7. The van der Waals surface area contributed by atoms with Crippen LogP contribution in [-0.2, 0) is 0 Å². The molecule has 0 N–H and O–H groups in total. The lowest BCUT2D eigenvalue weighted by atomic mass is 9.98. The summed E-state index contributed by atoms with van der Waals surface area (Å²) < 4.78 is 4.77. The van der Waals surface area contributed by atoms with Gasteiger partial charge in [0.2, 0.25) is 0 Å². The third-order valence-electron chi connectivity index (χ3n) is 11.1. The average Bonchev–Trinajstić information content (AvgIpc) is 3.77. The highest BCUT2D eigenvalue weighted by atomic mass is 15.1. The topological polar surface area (TPSA) is 13.1 Å². The van der Waals surface area contributed by atoms with Gasteiger partial charge in [-0.15, -0.1) is 0 Å². The summed E-state index contributed by atoms with van der Waals surface area (Å²) in [7, 11) is 0. The van der Waals surface area contributed by atoms with E-state index in [9.17, 15) is 0 Å². The van der Waals surface area contributed by atoms with Crippen LogP contribution in [0.4, 0.5) is 17.1 Å². The maximum absolute atomic E-state index is 2.39. The minimum Gasteiger partial charge on any atom is -0.310 e. The molecule has 0 atom stereocenters. The highest BCUT2D eigenvalue weighted by Gasteiger charge is 2.18. The summed E-state index contributed by atoms with van der Waals surface area (Å²) in [6.45, 7) is 0. The zero-order valence-corrected chi connectivity index (χ0v) is 30.0. The van der Waals surface area contributed by atoms with E-state index in [1.165, 1.54) is 65.5 Å². The van der Waals surface area contributed by atoms with Crippen LogP contribution >= 0.6 is 0 Å². The van der Waals surface area contributed by atoms with Crippen molar-refractivity contribution < 1.29 is 0 Å². The zero-order chi connectivity index (χ0) is 36.3. The van der Waals surface area contributed by atoms with Gasteiger partial charge < -0.3 is 14.0 Å². The molecule has 55 heavy (non-hydrogen) atoms. The van der Waals surface area contributed by atoms with E-state index in [1.54, 1.807) is 0 Å². The third-order valence-corrected chi connectivity index (χ3v) is 11.1. The van der Waals surface area contributed by atoms with Gasteiger partial charge in [0, 0.05) is 50.0 Å². The predicted octanol–water partition coefficient (Wildman–Crippen LogP) is 14.2. The van der Waals surface area contributed by atoms with Crippen molar-refractivity contribution in [3.8, 4) is 22.5 Å². The second kappa shape index (κ2) is 12.6. The molecule has 9 aromatic carbocycles. The van der Waals surface area contributed by atoms with Crippen LogP contribution in [0.15, 0.2) is 212 Å². The first kappa shape index (κ1) is 31.2. The van der Waals surface area contributed by atoms with Crippen LogP contribution in [0.2, 0.25) is 0 Å². The van der Waals surface area contributed by atoms with Gasteiger partial charge >= 0.3 is 0 Å². The van der Waals surface area contributed by atoms with Crippen LogP contribution < -0.4 is 4.90 Å². The molecule has 0 aliphatic heterocycles. The van der Waals surface area contributed by atoms with E-state index in [-0.39, 0.29) is 0 Å². The largest absolute Gasteiger partial charge is 0.310 e. The van der Waals surface area contributed by atoms with Crippen LogP contribution in [0.3, 0.4) is 0 Å². The van der Waals surface area contributed by atoms with E-state index in [2.05, 4.69) is 226 Å². The van der Waals surface area contributed by atoms with Gasteiger partial charge in [0.05, 0.1) is 22.1 Å². The quantitative estimate of drug-likeness (QED) is 0.168. The van der Waals surface area contributed by atoms with E-state index < -0.39 is 0 Å². The molecule has 0 fully saturated rings. The second-order valence-corrected chi connectivity index (χ2v) is 14.2. The van der Waals surface area contributed by atoms with Crippen molar-refractivity contribution in [3.63, 3.8) is 0 Å².